The normalized spacial score (nSPS) is 17.9. The highest BCUT2D eigenvalue weighted by atomic mass is 16.2. The molecule has 2 aliphatic heterocycles. The fourth-order valence-electron chi connectivity index (χ4n) is 4.11. The van der Waals surface area contributed by atoms with Gasteiger partial charge in [0.25, 0.3) is 5.91 Å². The van der Waals surface area contributed by atoms with E-state index in [2.05, 4.69) is 24.3 Å². The molecule has 0 unspecified atom stereocenters. The van der Waals surface area contributed by atoms with Crippen molar-refractivity contribution in [1.29, 1.82) is 0 Å². The maximum atomic E-state index is 12.8. The number of carbonyl (C=O) groups is 2. The summed E-state index contributed by atoms with van der Waals surface area (Å²) in [5.74, 6) is 0.346. The molecule has 2 aromatic rings. The summed E-state index contributed by atoms with van der Waals surface area (Å²) >= 11 is 0. The fourth-order valence-corrected chi connectivity index (χ4v) is 4.11. The van der Waals surface area contributed by atoms with Gasteiger partial charge in [0, 0.05) is 30.6 Å². The zero-order chi connectivity index (χ0) is 19.3. The number of amides is 2. The Balaban J connectivity index is 1.29. The van der Waals surface area contributed by atoms with Crippen LogP contribution >= 0.6 is 0 Å². The van der Waals surface area contributed by atoms with E-state index in [-0.39, 0.29) is 11.8 Å². The molecule has 2 fully saturated rings. The van der Waals surface area contributed by atoms with Gasteiger partial charge in [-0.15, -0.1) is 0 Å². The van der Waals surface area contributed by atoms with Gasteiger partial charge in [-0.3, -0.25) is 9.59 Å². The molecular formula is C23H28N3O2+. The van der Waals surface area contributed by atoms with Crippen LogP contribution in [0.5, 0.6) is 0 Å². The molecule has 2 aliphatic rings. The number of likely N-dealkylation sites (tertiary alicyclic amines) is 1. The minimum Gasteiger partial charge on any atom is -0.338 e. The van der Waals surface area contributed by atoms with E-state index in [1.807, 2.05) is 40.1 Å². The molecule has 2 heterocycles. The molecule has 0 bridgehead atoms. The first-order valence-corrected chi connectivity index (χ1v) is 10.2. The molecule has 0 aromatic heterocycles. The fraction of sp³-hybridized carbons (Fsp3) is 0.391. The van der Waals surface area contributed by atoms with Crippen molar-refractivity contribution in [1.82, 2.24) is 9.80 Å². The molecule has 2 amide bonds. The molecule has 2 saturated heterocycles. The van der Waals surface area contributed by atoms with Gasteiger partial charge in [-0.2, -0.15) is 0 Å². The second-order valence-electron chi connectivity index (χ2n) is 7.82. The van der Waals surface area contributed by atoms with Gasteiger partial charge in [0.05, 0.1) is 26.2 Å². The minimum absolute atomic E-state index is 0.113. The summed E-state index contributed by atoms with van der Waals surface area (Å²) in [6.07, 6.45) is 1.61. The predicted molar refractivity (Wildman–Crippen MR) is 108 cm³/mol. The number of hydrogen-bond donors (Lipinski definition) is 1. The highest BCUT2D eigenvalue weighted by Crippen LogP contribution is 2.15. The molecule has 0 atom stereocenters. The van der Waals surface area contributed by atoms with Crippen molar-refractivity contribution in [2.75, 3.05) is 32.7 Å². The SMILES string of the molecule is O=C1CCCN1Cc1ccc(C(=O)N2CC[NH+](Cc3ccccc3)CC2)cc1. The van der Waals surface area contributed by atoms with Crippen molar-refractivity contribution in [2.24, 2.45) is 0 Å². The Morgan fingerprint density at radius 1 is 0.893 bits per heavy atom. The van der Waals surface area contributed by atoms with Gasteiger partial charge >= 0.3 is 0 Å². The predicted octanol–water partition coefficient (Wildman–Crippen LogP) is 1.35. The molecule has 1 N–H and O–H groups in total. The maximum Gasteiger partial charge on any atom is 0.254 e. The van der Waals surface area contributed by atoms with Crippen LogP contribution in [0.2, 0.25) is 0 Å². The van der Waals surface area contributed by atoms with Crippen LogP contribution in [0.25, 0.3) is 0 Å². The smallest absolute Gasteiger partial charge is 0.254 e. The van der Waals surface area contributed by atoms with Crippen LogP contribution < -0.4 is 4.90 Å². The van der Waals surface area contributed by atoms with Crippen molar-refractivity contribution >= 4 is 11.8 Å². The van der Waals surface area contributed by atoms with Crippen molar-refractivity contribution < 1.29 is 14.5 Å². The topological polar surface area (TPSA) is 45.1 Å². The molecule has 0 saturated carbocycles. The molecular weight excluding hydrogens is 350 g/mol. The third-order valence-corrected chi connectivity index (χ3v) is 5.80. The second-order valence-corrected chi connectivity index (χ2v) is 7.82. The Labute approximate surface area is 166 Å². The lowest BCUT2D eigenvalue weighted by Crippen LogP contribution is -3.13. The van der Waals surface area contributed by atoms with E-state index in [1.165, 1.54) is 10.5 Å². The van der Waals surface area contributed by atoms with Gasteiger partial charge in [0.2, 0.25) is 5.91 Å². The molecule has 0 spiro atoms. The number of carbonyl (C=O) groups excluding carboxylic acids is 2. The Morgan fingerprint density at radius 3 is 2.25 bits per heavy atom. The van der Waals surface area contributed by atoms with Crippen LogP contribution in [0.4, 0.5) is 0 Å². The largest absolute Gasteiger partial charge is 0.338 e. The van der Waals surface area contributed by atoms with E-state index in [1.54, 1.807) is 0 Å². The van der Waals surface area contributed by atoms with Gasteiger partial charge in [0.15, 0.2) is 0 Å². The maximum absolute atomic E-state index is 12.8. The number of piperazine rings is 1. The zero-order valence-corrected chi connectivity index (χ0v) is 16.3. The Kier molecular flexibility index (Phi) is 5.72. The summed E-state index contributed by atoms with van der Waals surface area (Å²) < 4.78 is 0. The standard InChI is InChI=1S/C23H27N3O2/c27-22-7-4-12-26(22)18-20-8-10-21(11-9-20)23(28)25-15-13-24(14-16-25)17-19-5-2-1-3-6-19/h1-3,5-6,8-11H,4,7,12-18H2/p+1. The molecule has 0 aliphatic carbocycles. The molecule has 28 heavy (non-hydrogen) atoms. The molecule has 5 heteroatoms. The summed E-state index contributed by atoms with van der Waals surface area (Å²) in [4.78, 5) is 30.0. The minimum atomic E-state index is 0.113. The number of nitrogens with one attached hydrogen (secondary N) is 1. The van der Waals surface area contributed by atoms with Gasteiger partial charge in [-0.1, -0.05) is 42.5 Å². The molecule has 146 valence electrons. The first-order chi connectivity index (χ1) is 13.7. The average molecular weight is 378 g/mol. The summed E-state index contributed by atoms with van der Waals surface area (Å²) in [6, 6.07) is 18.3. The summed E-state index contributed by atoms with van der Waals surface area (Å²) in [5.41, 5.74) is 3.18. The third kappa shape index (κ3) is 4.42. The first kappa shape index (κ1) is 18.7. The van der Waals surface area contributed by atoms with E-state index < -0.39 is 0 Å². The van der Waals surface area contributed by atoms with Crippen LogP contribution in [-0.4, -0.2) is 54.3 Å². The summed E-state index contributed by atoms with van der Waals surface area (Å²) in [7, 11) is 0. The van der Waals surface area contributed by atoms with Crippen molar-refractivity contribution in [3.8, 4) is 0 Å². The van der Waals surface area contributed by atoms with Crippen LogP contribution in [0.3, 0.4) is 0 Å². The van der Waals surface area contributed by atoms with Gasteiger partial charge in [-0.05, 0) is 24.1 Å². The number of nitrogens with zero attached hydrogens (tertiary/aromatic N) is 2. The molecule has 0 radical (unpaired) electrons. The number of benzene rings is 2. The van der Waals surface area contributed by atoms with Gasteiger partial charge in [0.1, 0.15) is 6.54 Å². The molecule has 5 nitrogen and oxygen atoms in total. The zero-order valence-electron chi connectivity index (χ0n) is 16.3. The third-order valence-electron chi connectivity index (χ3n) is 5.80. The molecule has 4 rings (SSSR count). The van der Waals surface area contributed by atoms with E-state index in [4.69, 9.17) is 0 Å². The summed E-state index contributed by atoms with van der Waals surface area (Å²) in [6.45, 7) is 6.07. The average Bonchev–Trinajstić information content (AvgIpc) is 3.14. The monoisotopic (exact) mass is 378 g/mol. The van der Waals surface area contributed by atoms with E-state index in [0.29, 0.717) is 13.0 Å². The van der Waals surface area contributed by atoms with Gasteiger partial charge in [-0.25, -0.2) is 0 Å². The van der Waals surface area contributed by atoms with Crippen molar-refractivity contribution in [2.45, 2.75) is 25.9 Å². The lowest BCUT2D eigenvalue weighted by Gasteiger charge is -2.32. The lowest BCUT2D eigenvalue weighted by molar-refractivity contribution is -0.917. The molecule has 2 aromatic carbocycles. The Hall–Kier alpha value is -2.66. The van der Waals surface area contributed by atoms with Crippen LogP contribution in [0.1, 0.15) is 34.3 Å². The van der Waals surface area contributed by atoms with E-state index in [0.717, 1.165) is 56.8 Å². The number of hydrogen-bond acceptors (Lipinski definition) is 2. The van der Waals surface area contributed by atoms with Gasteiger partial charge < -0.3 is 14.7 Å². The quantitative estimate of drug-likeness (QED) is 0.854. The van der Waals surface area contributed by atoms with Crippen LogP contribution in [-0.2, 0) is 17.9 Å². The lowest BCUT2D eigenvalue weighted by atomic mass is 10.1. The highest BCUT2D eigenvalue weighted by molar-refractivity contribution is 5.94. The first-order valence-electron chi connectivity index (χ1n) is 10.2. The van der Waals surface area contributed by atoms with Crippen molar-refractivity contribution in [3.05, 3.63) is 71.3 Å². The van der Waals surface area contributed by atoms with Crippen LogP contribution in [0.15, 0.2) is 54.6 Å². The van der Waals surface area contributed by atoms with E-state index in [9.17, 15) is 9.59 Å². The van der Waals surface area contributed by atoms with Crippen molar-refractivity contribution in [3.63, 3.8) is 0 Å². The van der Waals surface area contributed by atoms with E-state index >= 15 is 0 Å². The number of rotatable bonds is 5. The Morgan fingerprint density at radius 2 is 1.61 bits per heavy atom. The Bertz CT molecular complexity index is 812. The van der Waals surface area contributed by atoms with Crippen LogP contribution in [0, 0.1) is 0 Å². The number of quaternary nitrogens is 1. The summed E-state index contributed by atoms with van der Waals surface area (Å²) in [5, 5.41) is 0. The highest BCUT2D eigenvalue weighted by Gasteiger charge is 2.25. The second kappa shape index (κ2) is 8.57.